The molecular weight excluding hydrogens is 464 g/mol. The summed E-state index contributed by atoms with van der Waals surface area (Å²) in [5.41, 5.74) is 0.847. The first-order valence-corrected chi connectivity index (χ1v) is 12.4. The lowest BCUT2D eigenvalue weighted by Crippen LogP contribution is -2.51. The van der Waals surface area contributed by atoms with Crippen LogP contribution in [0.5, 0.6) is 0 Å². The van der Waals surface area contributed by atoms with Gasteiger partial charge in [-0.05, 0) is 30.5 Å². The van der Waals surface area contributed by atoms with Crippen LogP contribution in [-0.4, -0.2) is 61.5 Å². The molecule has 31 heavy (non-hydrogen) atoms. The number of rotatable bonds is 6. The van der Waals surface area contributed by atoms with Gasteiger partial charge in [-0.25, -0.2) is 18.0 Å². The van der Waals surface area contributed by atoms with Crippen molar-refractivity contribution in [2.75, 3.05) is 19.7 Å². The van der Waals surface area contributed by atoms with Crippen LogP contribution in [0.3, 0.4) is 0 Å². The topological polar surface area (TPSA) is 93.2 Å². The highest BCUT2D eigenvalue weighted by Crippen LogP contribution is 2.31. The van der Waals surface area contributed by atoms with E-state index in [1.54, 1.807) is 6.07 Å². The molecule has 1 unspecified atom stereocenters. The fourth-order valence-electron chi connectivity index (χ4n) is 3.77. The van der Waals surface area contributed by atoms with Crippen molar-refractivity contribution >= 4 is 45.0 Å². The summed E-state index contributed by atoms with van der Waals surface area (Å²) in [6.07, 6.45) is 0.222. The lowest BCUT2D eigenvalue weighted by Gasteiger charge is -2.36. The number of benzene rings is 1. The van der Waals surface area contributed by atoms with Gasteiger partial charge in [0, 0.05) is 19.1 Å². The van der Waals surface area contributed by atoms with Gasteiger partial charge < -0.3 is 9.47 Å². The van der Waals surface area contributed by atoms with E-state index in [1.165, 1.54) is 15.3 Å². The Labute approximate surface area is 189 Å². The summed E-state index contributed by atoms with van der Waals surface area (Å²) in [6, 6.07) is 11.2. The summed E-state index contributed by atoms with van der Waals surface area (Å²) >= 11 is 6.89. The van der Waals surface area contributed by atoms with Gasteiger partial charge in [-0.3, -0.25) is 4.90 Å². The van der Waals surface area contributed by atoms with E-state index in [0.29, 0.717) is 17.2 Å². The van der Waals surface area contributed by atoms with Crippen molar-refractivity contribution in [3.8, 4) is 0 Å². The number of halogens is 1. The van der Waals surface area contributed by atoms with E-state index >= 15 is 0 Å². The smallest absolute Gasteiger partial charge is 0.410 e. The molecule has 0 spiro atoms. The summed E-state index contributed by atoms with van der Waals surface area (Å²) < 4.78 is 38.1. The molecule has 2 aliphatic heterocycles. The maximum absolute atomic E-state index is 12.8. The number of esters is 1. The molecule has 11 heteroatoms. The fraction of sp³-hybridized carbons (Fsp3) is 0.400. The molecule has 1 aromatic carbocycles. The van der Waals surface area contributed by atoms with Gasteiger partial charge in [0.05, 0.1) is 4.34 Å². The largest absolute Gasteiger partial charge is 0.459 e. The quantitative estimate of drug-likeness (QED) is 0.585. The van der Waals surface area contributed by atoms with Gasteiger partial charge in [0.1, 0.15) is 17.4 Å². The van der Waals surface area contributed by atoms with Crippen molar-refractivity contribution in [2.45, 2.75) is 35.7 Å². The van der Waals surface area contributed by atoms with E-state index in [2.05, 4.69) is 0 Å². The monoisotopic (exact) mass is 484 g/mol. The van der Waals surface area contributed by atoms with Gasteiger partial charge in [-0.1, -0.05) is 41.9 Å². The Kier molecular flexibility index (Phi) is 6.52. The standard InChI is InChI=1S/C20H21ClN2O6S2/c21-17-6-7-18(30-17)31(26,27)22-10-8-15(9-11-22)23-16(13-29-20(23)25)19(24)28-12-14-4-2-1-3-5-14/h1-7,15-16H,8-13H2. The highest BCUT2D eigenvalue weighted by Gasteiger charge is 2.45. The molecular formula is C20H21ClN2O6S2. The highest BCUT2D eigenvalue weighted by atomic mass is 35.5. The van der Waals surface area contributed by atoms with E-state index < -0.39 is 28.1 Å². The van der Waals surface area contributed by atoms with Gasteiger partial charge in [-0.2, -0.15) is 4.31 Å². The number of ether oxygens (including phenoxy) is 2. The predicted molar refractivity (Wildman–Crippen MR) is 114 cm³/mol. The van der Waals surface area contributed by atoms with E-state index in [9.17, 15) is 18.0 Å². The first-order valence-electron chi connectivity index (χ1n) is 9.77. The number of nitrogens with zero attached hydrogens (tertiary/aromatic N) is 2. The van der Waals surface area contributed by atoms with Crippen LogP contribution in [0.4, 0.5) is 4.79 Å². The Morgan fingerprint density at radius 2 is 1.87 bits per heavy atom. The third-order valence-corrected chi connectivity index (χ3v) is 8.96. The maximum atomic E-state index is 12.8. The molecule has 4 rings (SSSR count). The molecule has 2 fully saturated rings. The minimum absolute atomic E-state index is 0.0708. The van der Waals surface area contributed by atoms with Crippen LogP contribution in [0.25, 0.3) is 0 Å². The molecule has 166 valence electrons. The molecule has 0 saturated carbocycles. The van der Waals surface area contributed by atoms with Crippen molar-refractivity contribution in [3.63, 3.8) is 0 Å². The molecule has 2 saturated heterocycles. The number of cyclic esters (lactones) is 1. The summed E-state index contributed by atoms with van der Waals surface area (Å²) in [5, 5.41) is 0. The lowest BCUT2D eigenvalue weighted by atomic mass is 10.0. The number of thiophene rings is 1. The van der Waals surface area contributed by atoms with Crippen LogP contribution in [0, 0.1) is 0 Å². The van der Waals surface area contributed by atoms with Crippen LogP contribution < -0.4 is 0 Å². The van der Waals surface area contributed by atoms with Crippen LogP contribution >= 0.6 is 22.9 Å². The molecule has 0 aliphatic carbocycles. The van der Waals surface area contributed by atoms with Crippen molar-refractivity contribution in [2.24, 2.45) is 0 Å². The van der Waals surface area contributed by atoms with Crippen molar-refractivity contribution in [1.82, 2.24) is 9.21 Å². The molecule has 2 aliphatic rings. The SMILES string of the molecule is O=C(OCc1ccccc1)C1COC(=O)N1C1CCN(S(=O)(=O)c2ccc(Cl)s2)CC1. The Bertz CT molecular complexity index is 1050. The van der Waals surface area contributed by atoms with Gasteiger partial charge in [0.2, 0.25) is 0 Å². The molecule has 1 atom stereocenters. The van der Waals surface area contributed by atoms with Crippen molar-refractivity contribution in [1.29, 1.82) is 0 Å². The summed E-state index contributed by atoms with van der Waals surface area (Å²) in [4.78, 5) is 26.3. The zero-order valence-electron chi connectivity index (χ0n) is 16.5. The Balaban J connectivity index is 1.38. The minimum Gasteiger partial charge on any atom is -0.459 e. The summed E-state index contributed by atoms with van der Waals surface area (Å²) in [7, 11) is -3.63. The lowest BCUT2D eigenvalue weighted by molar-refractivity contribution is -0.150. The maximum Gasteiger partial charge on any atom is 0.410 e. The number of hydrogen-bond donors (Lipinski definition) is 0. The number of sulfonamides is 1. The number of carbonyl (C=O) groups is 2. The number of piperidine rings is 1. The van der Waals surface area contributed by atoms with Crippen LogP contribution in [0.15, 0.2) is 46.7 Å². The van der Waals surface area contributed by atoms with Gasteiger partial charge in [-0.15, -0.1) is 11.3 Å². The molecule has 1 aromatic heterocycles. The Morgan fingerprint density at radius 1 is 1.16 bits per heavy atom. The second-order valence-electron chi connectivity index (χ2n) is 7.29. The molecule has 0 bridgehead atoms. The zero-order chi connectivity index (χ0) is 22.0. The summed E-state index contributed by atoms with van der Waals surface area (Å²) in [6.45, 7) is 0.507. The first kappa shape index (κ1) is 22.1. The van der Waals surface area contributed by atoms with Crippen LogP contribution in [-0.2, 0) is 30.9 Å². The Morgan fingerprint density at radius 3 is 2.52 bits per heavy atom. The van der Waals surface area contributed by atoms with Crippen LogP contribution in [0.1, 0.15) is 18.4 Å². The number of hydrogen-bond acceptors (Lipinski definition) is 7. The first-order chi connectivity index (χ1) is 14.9. The average molecular weight is 485 g/mol. The van der Waals surface area contributed by atoms with Gasteiger partial charge in [0.25, 0.3) is 10.0 Å². The van der Waals surface area contributed by atoms with Crippen molar-refractivity contribution < 1.29 is 27.5 Å². The van der Waals surface area contributed by atoms with Crippen molar-refractivity contribution in [3.05, 3.63) is 52.4 Å². The van der Waals surface area contributed by atoms with E-state index in [4.69, 9.17) is 21.1 Å². The van der Waals surface area contributed by atoms with Crippen LogP contribution in [0.2, 0.25) is 4.34 Å². The van der Waals surface area contributed by atoms with E-state index in [0.717, 1.165) is 16.9 Å². The van der Waals surface area contributed by atoms with Gasteiger partial charge >= 0.3 is 12.1 Å². The second-order valence-corrected chi connectivity index (χ2v) is 11.2. The molecule has 0 N–H and O–H groups in total. The predicted octanol–water partition coefficient (Wildman–Crippen LogP) is 3.12. The van der Waals surface area contributed by atoms with E-state index in [1.807, 2.05) is 30.3 Å². The second kappa shape index (κ2) is 9.15. The summed E-state index contributed by atoms with van der Waals surface area (Å²) in [5.74, 6) is -0.530. The third kappa shape index (κ3) is 4.72. The van der Waals surface area contributed by atoms with E-state index in [-0.39, 0.29) is 36.6 Å². The number of amides is 1. The minimum atomic E-state index is -3.63. The third-order valence-electron chi connectivity index (χ3n) is 5.37. The Hall–Kier alpha value is -2.14. The molecule has 3 heterocycles. The zero-order valence-corrected chi connectivity index (χ0v) is 18.9. The highest BCUT2D eigenvalue weighted by molar-refractivity contribution is 7.91. The molecule has 0 radical (unpaired) electrons. The molecule has 2 aromatic rings. The molecule has 1 amide bonds. The normalized spacial score (nSPS) is 20.6. The number of carbonyl (C=O) groups excluding carboxylic acids is 2. The molecule has 8 nitrogen and oxygen atoms in total. The fourth-order valence-corrected chi connectivity index (χ4v) is 6.87. The van der Waals surface area contributed by atoms with Gasteiger partial charge in [0.15, 0.2) is 6.04 Å². The average Bonchev–Trinajstić information content (AvgIpc) is 3.39.